The van der Waals surface area contributed by atoms with E-state index in [2.05, 4.69) is 21.6 Å². The SMILES string of the molecule is CCn1c(SCC(=O)NCc2ccccc2F)nnc1-c1cccc(C)c1. The highest BCUT2D eigenvalue weighted by Crippen LogP contribution is 2.24. The van der Waals surface area contributed by atoms with Crippen molar-refractivity contribution >= 4 is 17.7 Å². The van der Waals surface area contributed by atoms with Crippen LogP contribution < -0.4 is 5.32 Å². The first-order valence-corrected chi connectivity index (χ1v) is 9.70. The van der Waals surface area contributed by atoms with Gasteiger partial charge in [-0.1, -0.05) is 53.7 Å². The zero-order chi connectivity index (χ0) is 19.2. The summed E-state index contributed by atoms with van der Waals surface area (Å²) in [5, 5.41) is 12.0. The Balaban J connectivity index is 1.62. The Hall–Kier alpha value is -2.67. The first-order chi connectivity index (χ1) is 13.1. The molecule has 0 radical (unpaired) electrons. The van der Waals surface area contributed by atoms with E-state index in [1.807, 2.05) is 36.6 Å². The van der Waals surface area contributed by atoms with Crippen LogP contribution in [-0.2, 0) is 17.9 Å². The largest absolute Gasteiger partial charge is 0.351 e. The van der Waals surface area contributed by atoms with E-state index in [0.29, 0.717) is 17.3 Å². The van der Waals surface area contributed by atoms with Gasteiger partial charge in [-0.05, 0) is 26.0 Å². The minimum Gasteiger partial charge on any atom is -0.351 e. The summed E-state index contributed by atoms with van der Waals surface area (Å²) in [7, 11) is 0. The molecular formula is C20H21FN4OS. The molecular weight excluding hydrogens is 363 g/mol. The van der Waals surface area contributed by atoms with Gasteiger partial charge in [0.15, 0.2) is 11.0 Å². The predicted octanol–water partition coefficient (Wildman–Crippen LogP) is 3.82. The summed E-state index contributed by atoms with van der Waals surface area (Å²) < 4.78 is 15.6. The quantitative estimate of drug-likeness (QED) is 0.629. The van der Waals surface area contributed by atoms with Gasteiger partial charge < -0.3 is 9.88 Å². The van der Waals surface area contributed by atoms with Gasteiger partial charge in [-0.3, -0.25) is 4.79 Å². The van der Waals surface area contributed by atoms with E-state index in [9.17, 15) is 9.18 Å². The molecule has 0 fully saturated rings. The molecule has 7 heteroatoms. The number of hydrogen-bond acceptors (Lipinski definition) is 4. The fourth-order valence-electron chi connectivity index (χ4n) is 2.69. The molecule has 0 aliphatic heterocycles. The highest BCUT2D eigenvalue weighted by molar-refractivity contribution is 7.99. The first kappa shape index (κ1) is 19.1. The first-order valence-electron chi connectivity index (χ1n) is 8.71. The van der Waals surface area contributed by atoms with Crippen LogP contribution in [0.4, 0.5) is 4.39 Å². The van der Waals surface area contributed by atoms with Crippen molar-refractivity contribution in [2.24, 2.45) is 0 Å². The minimum atomic E-state index is -0.320. The minimum absolute atomic E-state index is 0.168. The zero-order valence-electron chi connectivity index (χ0n) is 15.3. The van der Waals surface area contributed by atoms with Crippen molar-refractivity contribution in [3.63, 3.8) is 0 Å². The standard InChI is InChI=1S/C20H21FN4OS/c1-3-25-19(15-9-6-7-14(2)11-15)23-24-20(25)27-13-18(26)22-12-16-8-4-5-10-17(16)21/h4-11H,3,12-13H2,1-2H3,(H,22,26). The normalized spacial score (nSPS) is 10.8. The number of carbonyl (C=O) groups excluding carboxylic acids is 1. The maximum Gasteiger partial charge on any atom is 0.230 e. The number of nitrogens with zero attached hydrogens (tertiary/aromatic N) is 3. The number of benzene rings is 2. The number of nitrogens with one attached hydrogen (secondary N) is 1. The lowest BCUT2D eigenvalue weighted by Gasteiger charge is -2.08. The van der Waals surface area contributed by atoms with Crippen LogP contribution in [0.15, 0.2) is 53.7 Å². The maximum absolute atomic E-state index is 13.6. The van der Waals surface area contributed by atoms with Gasteiger partial charge in [0.1, 0.15) is 5.82 Å². The van der Waals surface area contributed by atoms with Crippen LogP contribution in [0, 0.1) is 12.7 Å². The summed E-state index contributed by atoms with van der Waals surface area (Å²) in [6, 6.07) is 14.5. The molecule has 1 amide bonds. The van der Waals surface area contributed by atoms with Crippen LogP contribution in [0.5, 0.6) is 0 Å². The topological polar surface area (TPSA) is 59.8 Å². The van der Waals surface area contributed by atoms with Gasteiger partial charge >= 0.3 is 0 Å². The molecule has 0 bridgehead atoms. The highest BCUT2D eigenvalue weighted by atomic mass is 32.2. The van der Waals surface area contributed by atoms with Crippen LogP contribution in [0.3, 0.4) is 0 Å². The Morgan fingerprint density at radius 3 is 2.74 bits per heavy atom. The van der Waals surface area contributed by atoms with E-state index in [0.717, 1.165) is 17.0 Å². The van der Waals surface area contributed by atoms with Crippen molar-refractivity contribution in [2.75, 3.05) is 5.75 Å². The summed E-state index contributed by atoms with van der Waals surface area (Å²) in [4.78, 5) is 12.1. The number of hydrogen-bond donors (Lipinski definition) is 1. The van der Waals surface area contributed by atoms with Crippen LogP contribution in [0.1, 0.15) is 18.1 Å². The molecule has 1 N–H and O–H groups in total. The van der Waals surface area contributed by atoms with Crippen molar-refractivity contribution in [3.8, 4) is 11.4 Å². The summed E-state index contributed by atoms with van der Waals surface area (Å²) in [5.41, 5.74) is 2.62. The highest BCUT2D eigenvalue weighted by Gasteiger charge is 2.14. The number of thioether (sulfide) groups is 1. The van der Waals surface area contributed by atoms with Crippen molar-refractivity contribution in [3.05, 3.63) is 65.5 Å². The predicted molar refractivity (Wildman–Crippen MR) is 105 cm³/mol. The van der Waals surface area contributed by atoms with Crippen LogP contribution in [-0.4, -0.2) is 26.4 Å². The molecule has 0 saturated carbocycles. The molecule has 0 saturated heterocycles. The third kappa shape index (κ3) is 4.74. The van der Waals surface area contributed by atoms with E-state index < -0.39 is 0 Å². The Bertz CT molecular complexity index is 941. The molecule has 0 atom stereocenters. The Labute approximate surface area is 162 Å². The monoisotopic (exact) mass is 384 g/mol. The van der Waals surface area contributed by atoms with E-state index in [1.165, 1.54) is 17.8 Å². The van der Waals surface area contributed by atoms with Gasteiger partial charge in [0, 0.05) is 24.2 Å². The number of aryl methyl sites for hydroxylation is 1. The van der Waals surface area contributed by atoms with Crippen LogP contribution >= 0.6 is 11.8 Å². The molecule has 0 unspecified atom stereocenters. The van der Waals surface area contributed by atoms with E-state index in [4.69, 9.17) is 0 Å². The number of rotatable bonds is 7. The second-order valence-electron chi connectivity index (χ2n) is 6.08. The molecule has 3 aromatic rings. The second-order valence-corrected chi connectivity index (χ2v) is 7.02. The number of halogens is 1. The number of aromatic nitrogens is 3. The van der Waals surface area contributed by atoms with Crippen molar-refractivity contribution in [1.29, 1.82) is 0 Å². The second kappa shape index (κ2) is 8.81. The molecule has 0 aliphatic rings. The number of amides is 1. The average molecular weight is 384 g/mol. The molecule has 0 spiro atoms. The zero-order valence-corrected chi connectivity index (χ0v) is 16.1. The lowest BCUT2D eigenvalue weighted by atomic mass is 10.1. The Kier molecular flexibility index (Phi) is 6.24. The van der Waals surface area contributed by atoms with E-state index in [1.54, 1.807) is 18.2 Å². The van der Waals surface area contributed by atoms with E-state index in [-0.39, 0.29) is 24.0 Å². The van der Waals surface area contributed by atoms with Crippen molar-refractivity contribution < 1.29 is 9.18 Å². The lowest BCUT2D eigenvalue weighted by molar-refractivity contribution is -0.118. The number of carbonyl (C=O) groups is 1. The van der Waals surface area contributed by atoms with Gasteiger partial charge in [-0.25, -0.2) is 4.39 Å². The summed E-state index contributed by atoms with van der Waals surface area (Å²) in [5.74, 6) is 0.487. The summed E-state index contributed by atoms with van der Waals surface area (Å²) >= 11 is 1.32. The van der Waals surface area contributed by atoms with Crippen LogP contribution in [0.25, 0.3) is 11.4 Å². The maximum atomic E-state index is 13.6. The third-order valence-corrected chi connectivity index (χ3v) is 5.04. The van der Waals surface area contributed by atoms with Crippen LogP contribution in [0.2, 0.25) is 0 Å². The third-order valence-electron chi connectivity index (χ3n) is 4.08. The van der Waals surface area contributed by atoms with Gasteiger partial charge in [-0.2, -0.15) is 0 Å². The molecule has 5 nitrogen and oxygen atoms in total. The molecule has 27 heavy (non-hydrogen) atoms. The molecule has 140 valence electrons. The van der Waals surface area contributed by atoms with Gasteiger partial charge in [0.2, 0.25) is 5.91 Å². The Morgan fingerprint density at radius 2 is 2.00 bits per heavy atom. The average Bonchev–Trinajstić information content (AvgIpc) is 3.08. The van der Waals surface area contributed by atoms with Crippen molar-refractivity contribution in [2.45, 2.75) is 32.1 Å². The fraction of sp³-hybridized carbons (Fsp3) is 0.250. The van der Waals surface area contributed by atoms with Gasteiger partial charge in [-0.15, -0.1) is 10.2 Å². The van der Waals surface area contributed by atoms with Crippen molar-refractivity contribution in [1.82, 2.24) is 20.1 Å². The summed E-state index contributed by atoms with van der Waals surface area (Å²) in [6.45, 7) is 4.92. The summed E-state index contributed by atoms with van der Waals surface area (Å²) in [6.07, 6.45) is 0. The molecule has 1 heterocycles. The molecule has 2 aromatic carbocycles. The molecule has 1 aromatic heterocycles. The van der Waals surface area contributed by atoms with Gasteiger partial charge in [0.05, 0.1) is 5.75 Å². The molecule has 0 aliphatic carbocycles. The fourth-order valence-corrected chi connectivity index (χ4v) is 3.53. The molecule has 3 rings (SSSR count). The van der Waals surface area contributed by atoms with Gasteiger partial charge in [0.25, 0.3) is 0 Å². The Morgan fingerprint density at radius 1 is 1.19 bits per heavy atom. The van der Waals surface area contributed by atoms with E-state index >= 15 is 0 Å². The smallest absolute Gasteiger partial charge is 0.230 e. The lowest BCUT2D eigenvalue weighted by Crippen LogP contribution is -2.25.